The van der Waals surface area contributed by atoms with Gasteiger partial charge < -0.3 is 10.1 Å². The summed E-state index contributed by atoms with van der Waals surface area (Å²) in [5.74, 6) is -0.200. The first-order valence-electron chi connectivity index (χ1n) is 9.84. The van der Waals surface area contributed by atoms with Crippen LogP contribution < -0.4 is 10.1 Å². The zero-order valence-corrected chi connectivity index (χ0v) is 16.6. The molecule has 29 heavy (non-hydrogen) atoms. The van der Waals surface area contributed by atoms with Crippen LogP contribution >= 0.6 is 0 Å². The fourth-order valence-corrected chi connectivity index (χ4v) is 3.53. The highest BCUT2D eigenvalue weighted by atomic mass is 16.5. The molecule has 1 aromatic carbocycles. The molecule has 1 aliphatic carbocycles. The smallest absolute Gasteiger partial charge is 0.317 e. The Labute approximate surface area is 169 Å². The molecular formula is C21H24N6O2. The molecule has 150 valence electrons. The number of benzene rings is 1. The molecular weight excluding hydrogens is 368 g/mol. The Kier molecular flexibility index (Phi) is 5.50. The van der Waals surface area contributed by atoms with Crippen molar-refractivity contribution in [1.29, 1.82) is 0 Å². The minimum Gasteiger partial charge on any atom is -0.460 e. The molecule has 1 amide bonds. The number of hydrogen-bond donors (Lipinski definition) is 1. The number of ether oxygens (including phenoxy) is 1. The fourth-order valence-electron chi connectivity index (χ4n) is 3.53. The maximum absolute atomic E-state index is 12.5. The van der Waals surface area contributed by atoms with Crippen LogP contribution in [0.3, 0.4) is 0 Å². The largest absolute Gasteiger partial charge is 0.460 e. The van der Waals surface area contributed by atoms with Gasteiger partial charge in [0.1, 0.15) is 6.10 Å². The lowest BCUT2D eigenvalue weighted by Gasteiger charge is -2.28. The summed E-state index contributed by atoms with van der Waals surface area (Å²) in [7, 11) is 0. The van der Waals surface area contributed by atoms with Crippen LogP contribution in [0.2, 0.25) is 0 Å². The van der Waals surface area contributed by atoms with Crippen molar-refractivity contribution in [3.05, 3.63) is 59.7 Å². The fraction of sp³-hybridized carbons (Fsp3) is 0.381. The van der Waals surface area contributed by atoms with E-state index in [1.165, 1.54) is 11.0 Å². The molecule has 8 nitrogen and oxygen atoms in total. The van der Waals surface area contributed by atoms with Crippen LogP contribution in [0.4, 0.5) is 0 Å². The molecule has 0 atom stereocenters. The summed E-state index contributed by atoms with van der Waals surface area (Å²) in [6, 6.07) is 12.0. The van der Waals surface area contributed by atoms with Crippen molar-refractivity contribution >= 4 is 5.91 Å². The van der Waals surface area contributed by atoms with Crippen molar-refractivity contribution in [3.63, 3.8) is 0 Å². The molecule has 3 aromatic rings. The number of rotatable bonds is 5. The number of para-hydroxylation sites is 1. The Morgan fingerprint density at radius 3 is 2.45 bits per heavy atom. The van der Waals surface area contributed by atoms with Gasteiger partial charge in [0.2, 0.25) is 0 Å². The minimum absolute atomic E-state index is 0.0725. The average Bonchev–Trinajstić information content (AvgIpc) is 3.20. The van der Waals surface area contributed by atoms with E-state index in [1.54, 1.807) is 0 Å². The molecule has 1 aliphatic rings. The number of carbonyl (C=O) groups is 1. The van der Waals surface area contributed by atoms with Gasteiger partial charge >= 0.3 is 6.01 Å². The average molecular weight is 392 g/mol. The SMILES string of the molecule is Cc1cc(C)nc(OC2CCC(NC(=O)c3cnn(-c4ccccc4)n3)CC2)n1. The summed E-state index contributed by atoms with van der Waals surface area (Å²) in [6.45, 7) is 3.86. The Morgan fingerprint density at radius 1 is 1.07 bits per heavy atom. The first-order chi connectivity index (χ1) is 14.1. The quantitative estimate of drug-likeness (QED) is 0.717. The monoisotopic (exact) mass is 392 g/mol. The molecule has 1 N–H and O–H groups in total. The Hall–Kier alpha value is -3.29. The molecule has 1 saturated carbocycles. The van der Waals surface area contributed by atoms with Crippen LogP contribution in [0, 0.1) is 13.8 Å². The highest BCUT2D eigenvalue weighted by Gasteiger charge is 2.25. The third-order valence-electron chi connectivity index (χ3n) is 4.95. The number of aryl methyl sites for hydroxylation is 2. The lowest BCUT2D eigenvalue weighted by molar-refractivity contribution is 0.0879. The van der Waals surface area contributed by atoms with Crippen LogP contribution in [0.5, 0.6) is 6.01 Å². The maximum Gasteiger partial charge on any atom is 0.317 e. The standard InChI is InChI=1S/C21H24N6O2/c1-14-12-15(2)24-21(23-14)29-18-10-8-16(9-11-18)25-20(28)19-13-22-27(26-19)17-6-4-3-5-7-17/h3-7,12-13,16,18H,8-11H2,1-2H3,(H,25,28). The summed E-state index contributed by atoms with van der Waals surface area (Å²) in [6.07, 6.45) is 4.94. The van der Waals surface area contributed by atoms with E-state index in [0.29, 0.717) is 11.7 Å². The number of nitrogens with zero attached hydrogens (tertiary/aromatic N) is 5. The minimum atomic E-state index is -0.200. The van der Waals surface area contributed by atoms with E-state index in [0.717, 1.165) is 42.8 Å². The predicted molar refractivity (Wildman–Crippen MR) is 107 cm³/mol. The molecule has 0 unspecified atom stereocenters. The molecule has 2 heterocycles. The van der Waals surface area contributed by atoms with Gasteiger partial charge in [-0.1, -0.05) is 18.2 Å². The summed E-state index contributed by atoms with van der Waals surface area (Å²) in [5.41, 5.74) is 2.93. The molecule has 0 bridgehead atoms. The van der Waals surface area contributed by atoms with Gasteiger partial charge in [0, 0.05) is 17.4 Å². The lowest BCUT2D eigenvalue weighted by Crippen LogP contribution is -2.40. The van der Waals surface area contributed by atoms with Gasteiger partial charge in [-0.25, -0.2) is 9.97 Å². The number of hydrogen-bond acceptors (Lipinski definition) is 6. The Morgan fingerprint density at radius 2 is 1.76 bits per heavy atom. The lowest BCUT2D eigenvalue weighted by atomic mass is 9.93. The summed E-state index contributed by atoms with van der Waals surface area (Å²) in [4.78, 5) is 22.7. The molecule has 0 saturated heterocycles. The van der Waals surface area contributed by atoms with Gasteiger partial charge in [0.15, 0.2) is 5.69 Å². The summed E-state index contributed by atoms with van der Waals surface area (Å²) < 4.78 is 5.95. The van der Waals surface area contributed by atoms with Crippen molar-refractivity contribution in [3.8, 4) is 11.7 Å². The first kappa shape index (κ1) is 19.0. The Bertz CT molecular complexity index is 960. The zero-order chi connectivity index (χ0) is 20.2. The van der Waals surface area contributed by atoms with Crippen LogP contribution in [0.15, 0.2) is 42.6 Å². The predicted octanol–water partition coefficient (Wildman–Crippen LogP) is 2.79. The van der Waals surface area contributed by atoms with Gasteiger partial charge in [0.25, 0.3) is 5.91 Å². The summed E-state index contributed by atoms with van der Waals surface area (Å²) >= 11 is 0. The van der Waals surface area contributed by atoms with Crippen LogP contribution in [0.25, 0.3) is 5.69 Å². The highest BCUT2D eigenvalue weighted by molar-refractivity contribution is 5.92. The molecule has 1 fully saturated rings. The topological polar surface area (TPSA) is 94.8 Å². The first-order valence-corrected chi connectivity index (χ1v) is 9.84. The number of nitrogens with one attached hydrogen (secondary N) is 1. The highest BCUT2D eigenvalue weighted by Crippen LogP contribution is 2.23. The van der Waals surface area contributed by atoms with E-state index in [4.69, 9.17) is 4.74 Å². The van der Waals surface area contributed by atoms with E-state index >= 15 is 0 Å². The van der Waals surface area contributed by atoms with Crippen molar-refractivity contribution in [1.82, 2.24) is 30.3 Å². The zero-order valence-electron chi connectivity index (χ0n) is 16.6. The van der Waals surface area contributed by atoms with E-state index in [1.807, 2.05) is 50.2 Å². The van der Waals surface area contributed by atoms with E-state index < -0.39 is 0 Å². The van der Waals surface area contributed by atoms with E-state index in [2.05, 4.69) is 25.5 Å². The van der Waals surface area contributed by atoms with Crippen LogP contribution in [-0.4, -0.2) is 43.0 Å². The van der Waals surface area contributed by atoms with Gasteiger partial charge in [-0.05, 0) is 57.7 Å². The molecule has 0 radical (unpaired) electrons. The molecule has 8 heteroatoms. The second kappa shape index (κ2) is 8.38. The van der Waals surface area contributed by atoms with Crippen molar-refractivity contribution in [2.75, 3.05) is 0 Å². The second-order valence-corrected chi connectivity index (χ2v) is 7.35. The molecule has 2 aromatic heterocycles. The van der Waals surface area contributed by atoms with Crippen molar-refractivity contribution < 1.29 is 9.53 Å². The summed E-state index contributed by atoms with van der Waals surface area (Å²) in [5, 5.41) is 11.5. The number of amides is 1. The van der Waals surface area contributed by atoms with E-state index in [-0.39, 0.29) is 18.1 Å². The maximum atomic E-state index is 12.5. The van der Waals surface area contributed by atoms with Crippen molar-refractivity contribution in [2.45, 2.75) is 51.7 Å². The van der Waals surface area contributed by atoms with Crippen LogP contribution in [0.1, 0.15) is 47.6 Å². The Balaban J connectivity index is 1.29. The van der Waals surface area contributed by atoms with Crippen molar-refractivity contribution in [2.24, 2.45) is 0 Å². The van der Waals surface area contributed by atoms with Gasteiger partial charge in [-0.3, -0.25) is 4.79 Å². The van der Waals surface area contributed by atoms with Gasteiger partial charge in [-0.2, -0.15) is 9.90 Å². The number of carbonyl (C=O) groups excluding carboxylic acids is 1. The normalized spacial score (nSPS) is 19.0. The van der Waals surface area contributed by atoms with E-state index in [9.17, 15) is 4.79 Å². The molecule has 0 aliphatic heterocycles. The molecule has 4 rings (SSSR count). The van der Waals surface area contributed by atoms with Crippen LogP contribution in [-0.2, 0) is 0 Å². The third-order valence-corrected chi connectivity index (χ3v) is 4.95. The second-order valence-electron chi connectivity index (χ2n) is 7.35. The molecule has 0 spiro atoms. The van der Waals surface area contributed by atoms with Gasteiger partial charge in [-0.15, -0.1) is 5.10 Å². The number of aromatic nitrogens is 5. The third kappa shape index (κ3) is 4.77. The van der Waals surface area contributed by atoms with Gasteiger partial charge in [0.05, 0.1) is 11.9 Å².